The Kier molecular flexibility index (Phi) is 7.60. The molecule has 0 heterocycles. The van der Waals surface area contributed by atoms with Crippen molar-refractivity contribution in [3.05, 3.63) is 10.2 Å². The molecule has 94 valence electrons. The van der Waals surface area contributed by atoms with Gasteiger partial charge in [0.05, 0.1) is 0 Å². The molecule has 16 heavy (non-hydrogen) atoms. The Balaban J connectivity index is 4.92. The summed E-state index contributed by atoms with van der Waals surface area (Å²) < 4.78 is 0. The van der Waals surface area contributed by atoms with E-state index in [4.69, 9.17) is 23.2 Å². The topological polar surface area (TPSA) is 23.6 Å². The summed E-state index contributed by atoms with van der Waals surface area (Å²) in [4.78, 5) is 15.4. The van der Waals surface area contributed by atoms with E-state index in [1.165, 1.54) is 0 Å². The molecule has 0 rings (SSSR count). The predicted molar refractivity (Wildman–Crippen MR) is 69.6 cm³/mol. The first-order chi connectivity index (χ1) is 7.53. The zero-order valence-electron chi connectivity index (χ0n) is 10.4. The molecule has 0 aliphatic rings. The van der Waals surface area contributed by atoms with Crippen molar-refractivity contribution >= 4 is 29.1 Å². The lowest BCUT2D eigenvalue weighted by Crippen LogP contribution is -2.32. The molecule has 0 bridgehead atoms. The van der Waals surface area contributed by atoms with Gasteiger partial charge in [0.2, 0.25) is 0 Å². The van der Waals surface area contributed by atoms with Gasteiger partial charge in [0.25, 0.3) is 5.91 Å². The van der Waals surface area contributed by atoms with Gasteiger partial charge < -0.3 is 9.80 Å². The van der Waals surface area contributed by atoms with E-state index >= 15 is 0 Å². The molecule has 3 nitrogen and oxygen atoms in total. The number of halogens is 2. The van der Waals surface area contributed by atoms with E-state index in [1.54, 1.807) is 4.90 Å². The molecule has 0 N–H and O–H groups in total. The lowest BCUT2D eigenvalue weighted by Gasteiger charge is -2.23. The first-order valence-electron chi connectivity index (χ1n) is 5.62. The Morgan fingerprint density at radius 2 is 1.25 bits per heavy atom. The van der Waals surface area contributed by atoms with E-state index in [0.29, 0.717) is 18.2 Å². The summed E-state index contributed by atoms with van der Waals surface area (Å²) in [5.41, 5.74) is 0. The maximum Gasteiger partial charge on any atom is 0.268 e. The minimum absolute atomic E-state index is 0.106. The van der Waals surface area contributed by atoms with Gasteiger partial charge in [-0.1, -0.05) is 23.2 Å². The van der Waals surface area contributed by atoms with Gasteiger partial charge >= 0.3 is 0 Å². The molecule has 0 aromatic carbocycles. The average molecular weight is 267 g/mol. The van der Waals surface area contributed by atoms with Crippen LogP contribution >= 0.6 is 23.2 Å². The Morgan fingerprint density at radius 3 is 1.56 bits per heavy atom. The van der Waals surface area contributed by atoms with Crippen LogP contribution in [0.15, 0.2) is 10.2 Å². The van der Waals surface area contributed by atoms with Crippen LogP contribution in [-0.4, -0.2) is 41.9 Å². The van der Waals surface area contributed by atoms with Gasteiger partial charge in [0.1, 0.15) is 10.2 Å². The quantitative estimate of drug-likeness (QED) is 0.545. The smallest absolute Gasteiger partial charge is 0.268 e. The first kappa shape index (κ1) is 15.6. The van der Waals surface area contributed by atoms with Crippen molar-refractivity contribution in [2.24, 2.45) is 0 Å². The van der Waals surface area contributed by atoms with Crippen molar-refractivity contribution in [2.45, 2.75) is 27.7 Å². The van der Waals surface area contributed by atoms with Crippen LogP contribution in [0.25, 0.3) is 0 Å². The third-order valence-corrected chi connectivity index (χ3v) is 3.33. The number of rotatable bonds is 6. The molecular formula is C11H20Cl2N2O. The number of amides is 1. The molecule has 0 aromatic rings. The fraction of sp³-hybridized carbons (Fsp3) is 0.727. The third kappa shape index (κ3) is 3.87. The molecule has 0 radical (unpaired) electrons. The number of carbonyl (C=O) groups excluding carboxylic acids is 1. The van der Waals surface area contributed by atoms with E-state index in [2.05, 4.69) is 0 Å². The lowest BCUT2D eigenvalue weighted by atomic mass is 10.4. The van der Waals surface area contributed by atoms with Crippen LogP contribution in [0.2, 0.25) is 0 Å². The van der Waals surface area contributed by atoms with E-state index in [1.807, 2.05) is 32.6 Å². The minimum Gasteiger partial charge on any atom is -0.362 e. The Hall–Kier alpha value is -0.410. The van der Waals surface area contributed by atoms with Crippen LogP contribution in [0.1, 0.15) is 27.7 Å². The van der Waals surface area contributed by atoms with Crippen LogP contribution in [-0.2, 0) is 4.79 Å². The second-order valence-electron chi connectivity index (χ2n) is 3.25. The second-order valence-corrected chi connectivity index (χ2v) is 3.99. The lowest BCUT2D eigenvalue weighted by molar-refractivity contribution is -0.126. The standard InChI is InChI=1S/C11H20Cl2N2O/c1-5-14(6-2)10(13)9(12)11(16)15(7-3)8-4/h5-8H2,1-4H3. The summed E-state index contributed by atoms with van der Waals surface area (Å²) in [5.74, 6) is -0.205. The largest absolute Gasteiger partial charge is 0.362 e. The maximum absolute atomic E-state index is 11.9. The number of nitrogens with zero attached hydrogens (tertiary/aromatic N) is 2. The van der Waals surface area contributed by atoms with Gasteiger partial charge in [0, 0.05) is 26.2 Å². The highest BCUT2D eigenvalue weighted by molar-refractivity contribution is 6.47. The SMILES string of the molecule is CCN(CC)C(=O)C(Cl)=C(Cl)N(CC)CC. The molecule has 0 aliphatic carbocycles. The van der Waals surface area contributed by atoms with Crippen molar-refractivity contribution in [3.63, 3.8) is 0 Å². The molecule has 0 aromatic heterocycles. The summed E-state index contributed by atoms with van der Waals surface area (Å²) >= 11 is 12.1. The van der Waals surface area contributed by atoms with Gasteiger partial charge in [-0.15, -0.1) is 0 Å². The monoisotopic (exact) mass is 266 g/mol. The Labute approximate surface area is 108 Å². The number of carbonyl (C=O) groups is 1. The Morgan fingerprint density at radius 1 is 0.875 bits per heavy atom. The normalized spacial score (nSPS) is 12.1. The van der Waals surface area contributed by atoms with Crippen LogP contribution < -0.4 is 0 Å². The molecular weight excluding hydrogens is 247 g/mol. The maximum atomic E-state index is 11.9. The second kappa shape index (κ2) is 7.80. The third-order valence-electron chi connectivity index (χ3n) is 2.46. The van der Waals surface area contributed by atoms with Crippen LogP contribution in [0, 0.1) is 0 Å². The minimum atomic E-state index is -0.205. The summed E-state index contributed by atoms with van der Waals surface area (Å²) in [5, 5.41) is 0.442. The van der Waals surface area contributed by atoms with Crippen molar-refractivity contribution in [1.82, 2.24) is 9.80 Å². The molecule has 5 heteroatoms. The highest BCUT2D eigenvalue weighted by atomic mass is 35.5. The molecule has 0 spiro atoms. The van der Waals surface area contributed by atoms with Gasteiger partial charge in [-0.05, 0) is 27.7 Å². The fourth-order valence-corrected chi connectivity index (χ4v) is 1.94. The van der Waals surface area contributed by atoms with E-state index in [9.17, 15) is 4.79 Å². The van der Waals surface area contributed by atoms with Gasteiger partial charge in [0.15, 0.2) is 0 Å². The van der Waals surface area contributed by atoms with Gasteiger partial charge in [-0.2, -0.15) is 0 Å². The number of hydrogen-bond acceptors (Lipinski definition) is 2. The zero-order chi connectivity index (χ0) is 12.7. The van der Waals surface area contributed by atoms with Crippen molar-refractivity contribution in [2.75, 3.05) is 26.2 Å². The van der Waals surface area contributed by atoms with Crippen molar-refractivity contribution in [1.29, 1.82) is 0 Å². The summed E-state index contributed by atoms with van der Waals surface area (Å²) in [6, 6.07) is 0. The molecule has 0 saturated heterocycles. The van der Waals surface area contributed by atoms with Crippen molar-refractivity contribution < 1.29 is 4.79 Å². The van der Waals surface area contributed by atoms with Gasteiger partial charge in [-0.25, -0.2) is 0 Å². The van der Waals surface area contributed by atoms with Crippen molar-refractivity contribution in [3.8, 4) is 0 Å². The van der Waals surface area contributed by atoms with Gasteiger partial charge in [-0.3, -0.25) is 4.79 Å². The first-order valence-corrected chi connectivity index (χ1v) is 6.38. The van der Waals surface area contributed by atoms with E-state index in [0.717, 1.165) is 13.1 Å². The zero-order valence-corrected chi connectivity index (χ0v) is 11.9. The summed E-state index contributed by atoms with van der Waals surface area (Å²) in [7, 11) is 0. The average Bonchev–Trinajstić information content (AvgIpc) is 2.30. The van der Waals surface area contributed by atoms with E-state index < -0.39 is 0 Å². The highest BCUT2D eigenvalue weighted by Crippen LogP contribution is 2.20. The number of hydrogen-bond donors (Lipinski definition) is 0. The Bertz CT molecular complexity index is 259. The fourth-order valence-electron chi connectivity index (χ4n) is 1.38. The van der Waals surface area contributed by atoms with Crippen LogP contribution in [0.5, 0.6) is 0 Å². The van der Waals surface area contributed by atoms with E-state index in [-0.39, 0.29) is 10.9 Å². The van der Waals surface area contributed by atoms with Crippen LogP contribution in [0.3, 0.4) is 0 Å². The summed E-state index contributed by atoms with van der Waals surface area (Å²) in [6.07, 6.45) is 0. The highest BCUT2D eigenvalue weighted by Gasteiger charge is 2.19. The molecule has 1 amide bonds. The summed E-state index contributed by atoms with van der Waals surface area (Å²) in [6.45, 7) is 10.5. The molecule has 0 fully saturated rings. The number of likely N-dealkylation sites (N-methyl/N-ethyl adjacent to an activating group) is 1. The predicted octanol–water partition coefficient (Wildman–Crippen LogP) is 2.84. The van der Waals surface area contributed by atoms with Crippen LogP contribution in [0.4, 0.5) is 0 Å². The molecule has 0 atom stereocenters. The molecule has 0 saturated carbocycles. The molecule has 0 aliphatic heterocycles. The molecule has 0 unspecified atom stereocenters.